The van der Waals surface area contributed by atoms with Gasteiger partial charge in [-0.15, -0.1) is 0 Å². The standard InChI is InChI=1S/C13H11N3O/c1-9-11(7-8-17-9)13-14-12(15-16-13)10-5-3-2-4-6-10/h2-8H,1H3,(H,14,15,16). The zero-order valence-electron chi connectivity index (χ0n) is 9.34. The van der Waals surface area contributed by atoms with Gasteiger partial charge in [-0.2, -0.15) is 5.10 Å². The zero-order chi connectivity index (χ0) is 11.7. The van der Waals surface area contributed by atoms with Crippen molar-refractivity contribution in [1.29, 1.82) is 0 Å². The van der Waals surface area contributed by atoms with Gasteiger partial charge in [-0.25, -0.2) is 4.98 Å². The largest absolute Gasteiger partial charge is 0.469 e. The van der Waals surface area contributed by atoms with Crippen LogP contribution >= 0.6 is 0 Å². The first kappa shape index (κ1) is 9.84. The second-order valence-electron chi connectivity index (χ2n) is 3.76. The van der Waals surface area contributed by atoms with Gasteiger partial charge in [0.1, 0.15) is 5.76 Å². The van der Waals surface area contributed by atoms with Crippen molar-refractivity contribution in [3.63, 3.8) is 0 Å². The number of benzene rings is 1. The van der Waals surface area contributed by atoms with Gasteiger partial charge in [0.2, 0.25) is 0 Å². The van der Waals surface area contributed by atoms with E-state index in [1.165, 1.54) is 0 Å². The summed E-state index contributed by atoms with van der Waals surface area (Å²) in [6.07, 6.45) is 1.65. The quantitative estimate of drug-likeness (QED) is 0.729. The predicted molar refractivity (Wildman–Crippen MR) is 64.3 cm³/mol. The van der Waals surface area contributed by atoms with Crippen LogP contribution in [0.1, 0.15) is 5.76 Å². The molecule has 0 saturated carbocycles. The summed E-state index contributed by atoms with van der Waals surface area (Å²) in [7, 11) is 0. The fraction of sp³-hybridized carbons (Fsp3) is 0.0769. The van der Waals surface area contributed by atoms with Gasteiger partial charge < -0.3 is 4.42 Å². The third-order valence-electron chi connectivity index (χ3n) is 2.63. The molecule has 2 aromatic heterocycles. The van der Waals surface area contributed by atoms with Gasteiger partial charge in [-0.05, 0) is 13.0 Å². The van der Waals surface area contributed by atoms with Crippen LogP contribution in [0, 0.1) is 6.92 Å². The lowest BCUT2D eigenvalue weighted by Crippen LogP contribution is -1.80. The average Bonchev–Trinajstić information content (AvgIpc) is 2.98. The molecular formula is C13H11N3O. The van der Waals surface area contributed by atoms with E-state index < -0.39 is 0 Å². The summed E-state index contributed by atoms with van der Waals surface area (Å²) in [4.78, 5) is 4.46. The van der Waals surface area contributed by atoms with Gasteiger partial charge in [0, 0.05) is 5.56 Å². The Morgan fingerprint density at radius 1 is 1.12 bits per heavy atom. The molecule has 3 aromatic rings. The number of hydrogen-bond donors (Lipinski definition) is 1. The number of rotatable bonds is 2. The van der Waals surface area contributed by atoms with Crippen LogP contribution in [0.25, 0.3) is 22.8 Å². The summed E-state index contributed by atoms with van der Waals surface area (Å²) in [5.41, 5.74) is 1.94. The maximum atomic E-state index is 5.25. The minimum absolute atomic E-state index is 0.696. The van der Waals surface area contributed by atoms with Crippen LogP contribution in [0.5, 0.6) is 0 Å². The number of aryl methyl sites for hydroxylation is 1. The first-order valence-corrected chi connectivity index (χ1v) is 5.37. The number of furan rings is 1. The summed E-state index contributed by atoms with van der Waals surface area (Å²) >= 11 is 0. The third-order valence-corrected chi connectivity index (χ3v) is 2.63. The highest BCUT2D eigenvalue weighted by atomic mass is 16.3. The Hall–Kier alpha value is -2.36. The molecule has 0 aliphatic heterocycles. The molecule has 0 atom stereocenters. The van der Waals surface area contributed by atoms with Crippen molar-refractivity contribution in [1.82, 2.24) is 15.2 Å². The molecule has 4 heteroatoms. The van der Waals surface area contributed by atoms with Crippen LogP contribution in [0.4, 0.5) is 0 Å². The van der Waals surface area contributed by atoms with Crippen molar-refractivity contribution in [3.05, 3.63) is 48.4 Å². The summed E-state index contributed by atoms with van der Waals surface area (Å²) in [5.74, 6) is 2.26. The highest BCUT2D eigenvalue weighted by molar-refractivity contribution is 5.61. The second kappa shape index (κ2) is 3.90. The second-order valence-corrected chi connectivity index (χ2v) is 3.76. The molecule has 0 aliphatic rings. The molecule has 0 bridgehead atoms. The molecule has 4 nitrogen and oxygen atoms in total. The van der Waals surface area contributed by atoms with E-state index in [1.807, 2.05) is 43.3 Å². The SMILES string of the molecule is Cc1occc1-c1nc(-c2ccccc2)n[nH]1. The Bertz CT molecular complexity index is 625. The van der Waals surface area contributed by atoms with Gasteiger partial charge in [0.05, 0.1) is 11.8 Å². The van der Waals surface area contributed by atoms with Gasteiger partial charge in [-0.3, -0.25) is 5.10 Å². The van der Waals surface area contributed by atoms with Crippen molar-refractivity contribution in [2.75, 3.05) is 0 Å². The lowest BCUT2D eigenvalue weighted by Gasteiger charge is -1.92. The molecule has 0 spiro atoms. The van der Waals surface area contributed by atoms with E-state index in [9.17, 15) is 0 Å². The molecule has 0 unspecified atom stereocenters. The molecular weight excluding hydrogens is 214 g/mol. The Labute approximate surface area is 98.3 Å². The molecule has 0 amide bonds. The smallest absolute Gasteiger partial charge is 0.181 e. The first-order valence-electron chi connectivity index (χ1n) is 5.37. The van der Waals surface area contributed by atoms with Crippen molar-refractivity contribution in [2.45, 2.75) is 6.92 Å². The molecule has 2 heterocycles. The van der Waals surface area contributed by atoms with Crippen molar-refractivity contribution in [2.24, 2.45) is 0 Å². The minimum Gasteiger partial charge on any atom is -0.469 e. The van der Waals surface area contributed by atoms with Gasteiger partial charge >= 0.3 is 0 Å². The maximum Gasteiger partial charge on any atom is 0.181 e. The Balaban J connectivity index is 2.02. The first-order chi connectivity index (χ1) is 8.34. The summed E-state index contributed by atoms with van der Waals surface area (Å²) < 4.78 is 5.25. The van der Waals surface area contributed by atoms with Crippen LogP contribution < -0.4 is 0 Å². The monoisotopic (exact) mass is 225 g/mol. The molecule has 0 radical (unpaired) electrons. The van der Waals surface area contributed by atoms with E-state index in [0.717, 1.165) is 22.7 Å². The highest BCUT2D eigenvalue weighted by Crippen LogP contribution is 2.23. The zero-order valence-corrected chi connectivity index (χ0v) is 9.34. The lowest BCUT2D eigenvalue weighted by molar-refractivity contribution is 0.535. The van der Waals surface area contributed by atoms with Crippen LogP contribution in [-0.2, 0) is 0 Å². The topological polar surface area (TPSA) is 54.7 Å². The Morgan fingerprint density at radius 2 is 1.94 bits per heavy atom. The van der Waals surface area contributed by atoms with Crippen LogP contribution in [0.15, 0.2) is 47.1 Å². The predicted octanol–water partition coefficient (Wildman–Crippen LogP) is 3.04. The van der Waals surface area contributed by atoms with E-state index in [0.29, 0.717) is 5.82 Å². The number of hydrogen-bond acceptors (Lipinski definition) is 3. The number of aromatic amines is 1. The molecule has 0 aliphatic carbocycles. The van der Waals surface area contributed by atoms with Crippen LogP contribution in [0.3, 0.4) is 0 Å². The van der Waals surface area contributed by atoms with E-state index in [2.05, 4.69) is 15.2 Å². The van der Waals surface area contributed by atoms with E-state index >= 15 is 0 Å². The summed E-state index contributed by atoms with van der Waals surface area (Å²) in [6, 6.07) is 11.7. The fourth-order valence-electron chi connectivity index (χ4n) is 1.73. The van der Waals surface area contributed by atoms with Gasteiger partial charge in [-0.1, -0.05) is 30.3 Å². The van der Waals surface area contributed by atoms with Crippen molar-refractivity contribution < 1.29 is 4.42 Å². The number of nitrogens with one attached hydrogen (secondary N) is 1. The van der Waals surface area contributed by atoms with E-state index in [-0.39, 0.29) is 0 Å². The molecule has 84 valence electrons. The van der Waals surface area contributed by atoms with E-state index in [1.54, 1.807) is 6.26 Å². The van der Waals surface area contributed by atoms with Crippen molar-refractivity contribution >= 4 is 0 Å². The Morgan fingerprint density at radius 3 is 2.65 bits per heavy atom. The molecule has 1 aromatic carbocycles. The number of H-pyrrole nitrogens is 1. The summed E-state index contributed by atoms with van der Waals surface area (Å²) in [6.45, 7) is 1.90. The maximum absolute atomic E-state index is 5.25. The minimum atomic E-state index is 0.696. The van der Waals surface area contributed by atoms with E-state index in [4.69, 9.17) is 4.42 Å². The van der Waals surface area contributed by atoms with Crippen LogP contribution in [-0.4, -0.2) is 15.2 Å². The fourth-order valence-corrected chi connectivity index (χ4v) is 1.73. The molecule has 0 fully saturated rings. The molecule has 0 saturated heterocycles. The average molecular weight is 225 g/mol. The van der Waals surface area contributed by atoms with Gasteiger partial charge in [0.25, 0.3) is 0 Å². The number of aromatic nitrogens is 3. The lowest BCUT2D eigenvalue weighted by atomic mass is 10.2. The van der Waals surface area contributed by atoms with Crippen LogP contribution in [0.2, 0.25) is 0 Å². The van der Waals surface area contributed by atoms with Crippen molar-refractivity contribution in [3.8, 4) is 22.8 Å². The third kappa shape index (κ3) is 1.73. The van der Waals surface area contributed by atoms with Gasteiger partial charge in [0.15, 0.2) is 11.6 Å². The normalized spacial score (nSPS) is 10.6. The Kier molecular flexibility index (Phi) is 2.26. The number of nitrogens with zero attached hydrogens (tertiary/aromatic N) is 2. The molecule has 17 heavy (non-hydrogen) atoms. The molecule has 1 N–H and O–H groups in total. The molecule has 3 rings (SSSR count). The highest BCUT2D eigenvalue weighted by Gasteiger charge is 2.10. The summed E-state index contributed by atoms with van der Waals surface area (Å²) in [5, 5.41) is 7.13.